The van der Waals surface area contributed by atoms with E-state index in [0.29, 0.717) is 11.3 Å². The average molecular weight is 417 g/mol. The molecule has 158 valence electrons. The number of nitrogens with one attached hydrogen (secondary N) is 1. The third-order valence-electron chi connectivity index (χ3n) is 4.90. The lowest BCUT2D eigenvalue weighted by molar-refractivity contribution is -0.143. The van der Waals surface area contributed by atoms with Gasteiger partial charge in [0.25, 0.3) is 0 Å². The molecule has 0 aliphatic heterocycles. The van der Waals surface area contributed by atoms with Crippen LogP contribution < -0.4 is 10.1 Å². The van der Waals surface area contributed by atoms with Crippen LogP contribution in [0, 0.1) is 5.92 Å². The number of carbonyl (C=O) groups excluding carboxylic acids is 2. The Bertz CT molecular complexity index is 1040. The quantitative estimate of drug-likeness (QED) is 0.494. The fourth-order valence-electron chi connectivity index (χ4n) is 3.18. The van der Waals surface area contributed by atoms with E-state index in [0.717, 1.165) is 16.9 Å². The number of para-hydroxylation sites is 1. The van der Waals surface area contributed by atoms with E-state index in [1.54, 1.807) is 43.5 Å². The zero-order chi connectivity index (χ0) is 22.2. The van der Waals surface area contributed by atoms with Crippen LogP contribution in [0.4, 0.5) is 5.69 Å². The number of hydrogen-bond acceptors (Lipinski definition) is 4. The van der Waals surface area contributed by atoms with E-state index in [2.05, 4.69) is 5.32 Å². The van der Waals surface area contributed by atoms with Gasteiger partial charge in [-0.2, -0.15) is 0 Å². The number of hydrogen-bond donors (Lipinski definition) is 2. The highest BCUT2D eigenvalue weighted by atomic mass is 16.5. The molecule has 3 aromatic carbocycles. The van der Waals surface area contributed by atoms with Crippen LogP contribution in [0.15, 0.2) is 78.9 Å². The molecule has 0 saturated heterocycles. The predicted octanol–water partition coefficient (Wildman–Crippen LogP) is 4.66. The second-order valence-electron chi connectivity index (χ2n) is 7.09. The number of benzene rings is 3. The summed E-state index contributed by atoms with van der Waals surface area (Å²) < 4.78 is 5.15. The number of carboxylic acids is 1. The van der Waals surface area contributed by atoms with Crippen molar-refractivity contribution in [2.24, 2.45) is 5.92 Å². The van der Waals surface area contributed by atoms with Crippen LogP contribution in [0.3, 0.4) is 0 Å². The topological polar surface area (TPSA) is 92.7 Å². The Morgan fingerprint density at radius 3 is 1.97 bits per heavy atom. The Morgan fingerprint density at radius 1 is 0.839 bits per heavy atom. The van der Waals surface area contributed by atoms with E-state index >= 15 is 0 Å². The molecule has 0 spiro atoms. The number of rotatable bonds is 9. The second-order valence-corrected chi connectivity index (χ2v) is 7.09. The summed E-state index contributed by atoms with van der Waals surface area (Å²) in [5, 5.41) is 12.1. The number of amides is 1. The van der Waals surface area contributed by atoms with Crippen LogP contribution in [0.25, 0.3) is 11.1 Å². The Balaban J connectivity index is 1.63. The molecule has 0 fully saturated rings. The van der Waals surface area contributed by atoms with E-state index < -0.39 is 17.8 Å². The highest BCUT2D eigenvalue weighted by molar-refractivity contribution is 6.00. The number of aliphatic carboxylic acids is 1. The third kappa shape index (κ3) is 6.02. The lowest BCUT2D eigenvalue weighted by Gasteiger charge is -2.12. The van der Waals surface area contributed by atoms with Crippen molar-refractivity contribution in [1.82, 2.24) is 0 Å². The number of Topliss-reactive ketones (excluding diaryl/α,β-unsaturated/α-hetero) is 1. The minimum Gasteiger partial charge on any atom is -0.497 e. The minimum atomic E-state index is -1.17. The van der Waals surface area contributed by atoms with Crippen molar-refractivity contribution in [1.29, 1.82) is 0 Å². The molecular weight excluding hydrogens is 394 g/mol. The van der Waals surface area contributed by atoms with Crippen molar-refractivity contribution in [3.05, 3.63) is 84.4 Å². The first-order valence-corrected chi connectivity index (χ1v) is 9.81. The first kappa shape index (κ1) is 21.8. The van der Waals surface area contributed by atoms with Gasteiger partial charge in [-0.15, -0.1) is 0 Å². The van der Waals surface area contributed by atoms with Crippen molar-refractivity contribution in [3.63, 3.8) is 0 Å². The highest BCUT2D eigenvalue weighted by Crippen LogP contribution is 2.24. The molecule has 3 rings (SSSR count). The molecule has 0 aliphatic carbocycles. The molecule has 6 nitrogen and oxygen atoms in total. The number of carboxylic acid groups (broad SMARTS) is 1. The maximum atomic E-state index is 12.6. The van der Waals surface area contributed by atoms with E-state index in [1.165, 1.54) is 0 Å². The summed E-state index contributed by atoms with van der Waals surface area (Å²) >= 11 is 0. The standard InChI is InChI=1S/C25H23NO5/c1-31-22-13-11-18(12-14-22)17-7-9-19(10-8-17)23(27)15-20(25(29)30)16-24(28)26-21-5-3-2-4-6-21/h2-14,20H,15-16H2,1H3,(H,26,28)(H,29,30). The predicted molar refractivity (Wildman–Crippen MR) is 118 cm³/mol. The van der Waals surface area contributed by atoms with Crippen molar-refractivity contribution in [2.45, 2.75) is 12.8 Å². The van der Waals surface area contributed by atoms with E-state index in [4.69, 9.17) is 4.74 Å². The van der Waals surface area contributed by atoms with Gasteiger partial charge in [0.1, 0.15) is 5.75 Å². The average Bonchev–Trinajstić information content (AvgIpc) is 2.79. The van der Waals surface area contributed by atoms with Crippen LogP contribution in [0.1, 0.15) is 23.2 Å². The molecule has 1 amide bonds. The van der Waals surface area contributed by atoms with Crippen molar-refractivity contribution in [3.8, 4) is 16.9 Å². The summed E-state index contributed by atoms with van der Waals surface area (Å²) in [4.78, 5) is 36.4. The molecule has 3 aromatic rings. The number of methoxy groups -OCH3 is 1. The first-order valence-electron chi connectivity index (χ1n) is 9.81. The molecule has 2 N–H and O–H groups in total. The van der Waals surface area contributed by atoms with Gasteiger partial charge in [0.2, 0.25) is 5.91 Å². The Morgan fingerprint density at radius 2 is 1.42 bits per heavy atom. The van der Waals surface area contributed by atoms with Crippen LogP contribution in [-0.2, 0) is 9.59 Å². The number of carbonyl (C=O) groups is 3. The highest BCUT2D eigenvalue weighted by Gasteiger charge is 2.25. The van der Waals surface area contributed by atoms with Gasteiger partial charge in [-0.3, -0.25) is 14.4 Å². The first-order chi connectivity index (χ1) is 15.0. The largest absolute Gasteiger partial charge is 0.497 e. The van der Waals surface area contributed by atoms with Crippen LogP contribution in [0.5, 0.6) is 5.75 Å². The molecule has 0 saturated carbocycles. The number of ketones is 1. The van der Waals surface area contributed by atoms with Crippen LogP contribution in [-0.4, -0.2) is 29.9 Å². The maximum absolute atomic E-state index is 12.6. The van der Waals surface area contributed by atoms with Gasteiger partial charge in [0, 0.05) is 24.1 Å². The monoisotopic (exact) mass is 417 g/mol. The van der Waals surface area contributed by atoms with E-state index in [1.807, 2.05) is 42.5 Å². The lowest BCUT2D eigenvalue weighted by Crippen LogP contribution is -2.24. The van der Waals surface area contributed by atoms with Crippen molar-refractivity contribution in [2.75, 3.05) is 12.4 Å². The van der Waals surface area contributed by atoms with Gasteiger partial charge >= 0.3 is 5.97 Å². The Labute approximate surface area is 180 Å². The van der Waals surface area contributed by atoms with Gasteiger partial charge in [0.15, 0.2) is 5.78 Å². The summed E-state index contributed by atoms with van der Waals surface area (Å²) in [6.45, 7) is 0. The Hall–Kier alpha value is -3.93. The Kier molecular flexibility index (Phi) is 7.17. The van der Waals surface area contributed by atoms with Gasteiger partial charge in [-0.1, -0.05) is 54.6 Å². The SMILES string of the molecule is COc1ccc(-c2ccc(C(=O)CC(CC(=O)Nc3ccccc3)C(=O)O)cc2)cc1. The number of ether oxygens (including phenoxy) is 1. The van der Waals surface area contributed by atoms with Gasteiger partial charge in [-0.05, 0) is 35.4 Å². The second kappa shape index (κ2) is 10.2. The zero-order valence-corrected chi connectivity index (χ0v) is 17.1. The van der Waals surface area contributed by atoms with Gasteiger partial charge < -0.3 is 15.2 Å². The molecule has 0 heterocycles. The normalized spacial score (nSPS) is 11.4. The fraction of sp³-hybridized carbons (Fsp3) is 0.160. The van der Waals surface area contributed by atoms with Gasteiger partial charge in [-0.25, -0.2) is 0 Å². The maximum Gasteiger partial charge on any atom is 0.307 e. The molecule has 31 heavy (non-hydrogen) atoms. The molecule has 1 unspecified atom stereocenters. The summed E-state index contributed by atoms with van der Waals surface area (Å²) in [5.74, 6) is -2.28. The summed E-state index contributed by atoms with van der Waals surface area (Å²) in [6, 6.07) is 23.3. The summed E-state index contributed by atoms with van der Waals surface area (Å²) in [7, 11) is 1.60. The van der Waals surface area contributed by atoms with Gasteiger partial charge in [0.05, 0.1) is 13.0 Å². The molecular formula is C25H23NO5. The summed E-state index contributed by atoms with van der Waals surface area (Å²) in [5.41, 5.74) is 2.89. The minimum absolute atomic E-state index is 0.251. The van der Waals surface area contributed by atoms with Crippen LogP contribution in [0.2, 0.25) is 0 Å². The van der Waals surface area contributed by atoms with Crippen molar-refractivity contribution >= 4 is 23.3 Å². The van der Waals surface area contributed by atoms with Crippen molar-refractivity contribution < 1.29 is 24.2 Å². The third-order valence-corrected chi connectivity index (χ3v) is 4.90. The molecule has 1 atom stereocenters. The zero-order valence-electron chi connectivity index (χ0n) is 17.1. The van der Waals surface area contributed by atoms with E-state index in [-0.39, 0.29) is 18.6 Å². The lowest BCUT2D eigenvalue weighted by atomic mass is 9.94. The van der Waals surface area contributed by atoms with Crippen LogP contribution >= 0.6 is 0 Å². The molecule has 0 radical (unpaired) electrons. The molecule has 0 aromatic heterocycles. The van der Waals surface area contributed by atoms with E-state index in [9.17, 15) is 19.5 Å². The smallest absolute Gasteiger partial charge is 0.307 e. The number of anilines is 1. The molecule has 0 bridgehead atoms. The fourth-order valence-corrected chi connectivity index (χ4v) is 3.18. The molecule has 0 aliphatic rings. The summed E-state index contributed by atoms with van der Waals surface area (Å²) in [6.07, 6.45) is -0.528. The molecule has 6 heteroatoms.